The monoisotopic (exact) mass is 305 g/mol. The molecule has 1 heterocycles. The molecule has 1 atom stereocenters. The summed E-state index contributed by atoms with van der Waals surface area (Å²) in [6.07, 6.45) is 1.89. The minimum atomic E-state index is -0.449. The summed E-state index contributed by atoms with van der Waals surface area (Å²) in [5.41, 5.74) is 2.14. The number of hydrogen-bond acceptors (Lipinski definition) is 6. The normalized spacial score (nSPS) is 18.0. The fourth-order valence-electron chi connectivity index (χ4n) is 2.23. The number of nitro groups is 1. The Labute approximate surface area is 126 Å². The van der Waals surface area contributed by atoms with Crippen LogP contribution in [-0.2, 0) is 4.79 Å². The Morgan fingerprint density at radius 3 is 2.48 bits per heavy atom. The second-order valence-corrected chi connectivity index (χ2v) is 5.40. The molecular weight excluding hydrogens is 290 g/mol. The van der Waals surface area contributed by atoms with E-state index in [9.17, 15) is 14.9 Å². The number of thioether (sulfide) groups is 1. The van der Waals surface area contributed by atoms with Gasteiger partial charge in [-0.05, 0) is 37.8 Å². The second-order valence-electron chi connectivity index (χ2n) is 4.61. The lowest BCUT2D eigenvalue weighted by atomic mass is 9.94. The lowest BCUT2D eigenvalue weighted by Gasteiger charge is -2.25. The number of amidine groups is 1. The number of ketones is 1. The van der Waals surface area contributed by atoms with Crippen LogP contribution < -0.4 is 5.32 Å². The molecule has 0 saturated heterocycles. The summed E-state index contributed by atoms with van der Waals surface area (Å²) in [4.78, 5) is 26.7. The average Bonchev–Trinajstić information content (AvgIpc) is 2.45. The molecule has 0 saturated carbocycles. The van der Waals surface area contributed by atoms with Crippen LogP contribution in [-0.4, -0.2) is 22.1 Å². The SMILES string of the molecule is CSC1=N[C@H](c2ccc([N+](=O)[O-])cc2)C(C(C)=O)=C(C)N1. The van der Waals surface area contributed by atoms with Crippen molar-refractivity contribution in [3.63, 3.8) is 0 Å². The van der Waals surface area contributed by atoms with Crippen LogP contribution in [0.3, 0.4) is 0 Å². The third-order valence-electron chi connectivity index (χ3n) is 3.21. The molecule has 0 spiro atoms. The van der Waals surface area contributed by atoms with Gasteiger partial charge in [0.25, 0.3) is 5.69 Å². The maximum atomic E-state index is 11.9. The van der Waals surface area contributed by atoms with Gasteiger partial charge in [-0.25, -0.2) is 4.99 Å². The molecule has 0 aromatic heterocycles. The summed E-state index contributed by atoms with van der Waals surface area (Å²) < 4.78 is 0. The third-order valence-corrected chi connectivity index (χ3v) is 3.80. The van der Waals surface area contributed by atoms with Gasteiger partial charge in [0.15, 0.2) is 11.0 Å². The molecule has 1 N–H and O–H groups in total. The molecule has 110 valence electrons. The maximum absolute atomic E-state index is 11.9. The molecule has 0 aliphatic carbocycles. The van der Waals surface area contributed by atoms with E-state index in [2.05, 4.69) is 10.3 Å². The Kier molecular flexibility index (Phi) is 4.42. The van der Waals surface area contributed by atoms with Gasteiger partial charge in [-0.2, -0.15) is 0 Å². The van der Waals surface area contributed by atoms with E-state index in [1.807, 2.05) is 13.2 Å². The van der Waals surface area contributed by atoms with Gasteiger partial charge in [-0.1, -0.05) is 11.8 Å². The Bertz CT molecular complexity index is 650. The number of carbonyl (C=O) groups is 1. The summed E-state index contributed by atoms with van der Waals surface area (Å²) in [6, 6.07) is 5.72. The van der Waals surface area contributed by atoms with E-state index in [0.717, 1.165) is 16.4 Å². The summed E-state index contributed by atoms with van der Waals surface area (Å²) in [5, 5.41) is 14.5. The van der Waals surface area contributed by atoms with Crippen molar-refractivity contribution in [3.8, 4) is 0 Å². The molecule has 1 aliphatic rings. The minimum absolute atomic E-state index is 0.0202. The number of nitrogens with one attached hydrogen (secondary N) is 1. The van der Waals surface area contributed by atoms with Crippen LogP contribution in [0.4, 0.5) is 5.69 Å². The van der Waals surface area contributed by atoms with Gasteiger partial charge in [0.2, 0.25) is 0 Å². The van der Waals surface area contributed by atoms with Crippen LogP contribution in [0.25, 0.3) is 0 Å². The number of non-ortho nitro benzene ring substituents is 1. The second kappa shape index (κ2) is 6.09. The van der Waals surface area contributed by atoms with Gasteiger partial charge in [-0.3, -0.25) is 14.9 Å². The first kappa shape index (κ1) is 15.2. The fraction of sp³-hybridized carbons (Fsp3) is 0.286. The highest BCUT2D eigenvalue weighted by Gasteiger charge is 2.27. The van der Waals surface area contributed by atoms with Crippen molar-refractivity contribution < 1.29 is 9.72 Å². The van der Waals surface area contributed by atoms with Gasteiger partial charge in [0.1, 0.15) is 6.04 Å². The van der Waals surface area contributed by atoms with E-state index >= 15 is 0 Å². The summed E-state index contributed by atoms with van der Waals surface area (Å²) in [5.74, 6) is -0.0627. The summed E-state index contributed by atoms with van der Waals surface area (Å²) in [7, 11) is 0. The molecule has 0 unspecified atom stereocenters. The molecular formula is C14H15N3O3S. The number of rotatable bonds is 3. The van der Waals surface area contributed by atoms with Crippen molar-refractivity contribution in [2.45, 2.75) is 19.9 Å². The maximum Gasteiger partial charge on any atom is 0.269 e. The lowest BCUT2D eigenvalue weighted by Crippen LogP contribution is -2.28. The smallest absolute Gasteiger partial charge is 0.269 e. The van der Waals surface area contributed by atoms with E-state index in [0.29, 0.717) is 5.57 Å². The zero-order chi connectivity index (χ0) is 15.6. The number of aliphatic imine (C=N–C) groups is 1. The fourth-order valence-corrected chi connectivity index (χ4v) is 2.69. The van der Waals surface area contributed by atoms with Crippen LogP contribution in [0.2, 0.25) is 0 Å². The van der Waals surface area contributed by atoms with Crippen molar-refractivity contribution in [1.82, 2.24) is 5.32 Å². The topological polar surface area (TPSA) is 84.6 Å². The summed E-state index contributed by atoms with van der Waals surface area (Å²) in [6.45, 7) is 3.33. The third kappa shape index (κ3) is 3.13. The van der Waals surface area contributed by atoms with Crippen LogP contribution in [0.5, 0.6) is 0 Å². The molecule has 6 nitrogen and oxygen atoms in total. The van der Waals surface area contributed by atoms with Crippen molar-refractivity contribution in [3.05, 3.63) is 51.2 Å². The van der Waals surface area contributed by atoms with Gasteiger partial charge < -0.3 is 5.32 Å². The van der Waals surface area contributed by atoms with Crippen LogP contribution in [0, 0.1) is 10.1 Å². The van der Waals surface area contributed by atoms with Gasteiger partial charge >= 0.3 is 0 Å². The van der Waals surface area contributed by atoms with Gasteiger partial charge in [0, 0.05) is 23.4 Å². The molecule has 1 aliphatic heterocycles. The molecule has 1 aromatic carbocycles. The molecule has 2 rings (SSSR count). The Morgan fingerprint density at radius 1 is 1.38 bits per heavy atom. The average molecular weight is 305 g/mol. The highest BCUT2D eigenvalue weighted by atomic mass is 32.2. The summed E-state index contributed by atoms with van der Waals surface area (Å²) >= 11 is 1.45. The lowest BCUT2D eigenvalue weighted by molar-refractivity contribution is -0.384. The number of Topliss-reactive ketones (excluding diaryl/α,β-unsaturated/α-hetero) is 1. The Morgan fingerprint density at radius 2 is 2.00 bits per heavy atom. The molecule has 1 aromatic rings. The van der Waals surface area contributed by atoms with Gasteiger partial charge in [-0.15, -0.1) is 0 Å². The number of allylic oxidation sites excluding steroid dienone is 1. The molecule has 21 heavy (non-hydrogen) atoms. The van der Waals surface area contributed by atoms with Crippen molar-refractivity contribution >= 4 is 28.4 Å². The van der Waals surface area contributed by atoms with Crippen LogP contribution >= 0.6 is 11.8 Å². The molecule has 0 fully saturated rings. The largest absolute Gasteiger partial charge is 0.338 e. The van der Waals surface area contributed by atoms with E-state index in [4.69, 9.17) is 0 Å². The highest BCUT2D eigenvalue weighted by Crippen LogP contribution is 2.32. The van der Waals surface area contributed by atoms with E-state index < -0.39 is 11.0 Å². The first-order valence-electron chi connectivity index (χ1n) is 6.29. The quantitative estimate of drug-likeness (QED) is 0.685. The standard InChI is InChI=1S/C14H15N3O3S/c1-8-12(9(2)18)13(16-14(15-8)21-3)10-4-6-11(7-5-10)17(19)20/h4-7,13H,1-3H3,(H,15,16)/t13-/m1/s1. The number of benzene rings is 1. The first-order chi connectivity index (χ1) is 9.93. The number of nitro benzene ring substituents is 1. The predicted molar refractivity (Wildman–Crippen MR) is 83.3 cm³/mol. The molecule has 0 bridgehead atoms. The van der Waals surface area contributed by atoms with Crippen molar-refractivity contribution in [2.24, 2.45) is 4.99 Å². The van der Waals surface area contributed by atoms with Gasteiger partial charge in [0.05, 0.1) is 4.92 Å². The number of hydrogen-bond donors (Lipinski definition) is 1. The zero-order valence-corrected chi connectivity index (χ0v) is 12.7. The van der Waals surface area contributed by atoms with Crippen molar-refractivity contribution in [2.75, 3.05) is 6.26 Å². The Balaban J connectivity index is 2.46. The van der Waals surface area contributed by atoms with E-state index in [1.54, 1.807) is 12.1 Å². The highest BCUT2D eigenvalue weighted by molar-refractivity contribution is 8.13. The van der Waals surface area contributed by atoms with Crippen LogP contribution in [0.15, 0.2) is 40.5 Å². The van der Waals surface area contributed by atoms with Crippen molar-refractivity contribution in [1.29, 1.82) is 0 Å². The zero-order valence-electron chi connectivity index (χ0n) is 11.9. The molecule has 0 radical (unpaired) electrons. The Hall–Kier alpha value is -2.15. The molecule has 0 amide bonds. The van der Waals surface area contributed by atoms with E-state index in [1.165, 1.54) is 30.8 Å². The molecule has 7 heteroatoms. The first-order valence-corrected chi connectivity index (χ1v) is 7.51. The van der Waals surface area contributed by atoms with Crippen LogP contribution in [0.1, 0.15) is 25.5 Å². The number of carbonyl (C=O) groups excluding carboxylic acids is 1. The predicted octanol–water partition coefficient (Wildman–Crippen LogP) is 2.82. The minimum Gasteiger partial charge on any atom is -0.338 e. The number of nitrogens with zero attached hydrogens (tertiary/aromatic N) is 2. The van der Waals surface area contributed by atoms with E-state index in [-0.39, 0.29) is 11.5 Å².